The maximum Gasteiger partial charge on any atom is 0.0695 e. The minimum absolute atomic E-state index is 0.156. The predicted octanol–water partition coefficient (Wildman–Crippen LogP) is 3.18. The summed E-state index contributed by atoms with van der Waals surface area (Å²) in [5, 5.41) is 10.0. The SMILES string of the molecule is CN(Cc1ccccc1Br)[C@H]1CCCC[C@@H]1O. The summed E-state index contributed by atoms with van der Waals surface area (Å²) in [7, 11) is 2.11. The fraction of sp³-hybridized carbons (Fsp3) is 0.571. The monoisotopic (exact) mass is 297 g/mol. The molecule has 0 saturated heterocycles. The topological polar surface area (TPSA) is 23.5 Å². The maximum atomic E-state index is 10.0. The van der Waals surface area contributed by atoms with E-state index in [2.05, 4.69) is 46.1 Å². The van der Waals surface area contributed by atoms with E-state index in [4.69, 9.17) is 0 Å². The van der Waals surface area contributed by atoms with Crippen molar-refractivity contribution in [2.45, 2.75) is 44.4 Å². The molecule has 0 amide bonds. The summed E-state index contributed by atoms with van der Waals surface area (Å²) in [5.74, 6) is 0. The first-order chi connectivity index (χ1) is 8.18. The van der Waals surface area contributed by atoms with Gasteiger partial charge in [-0.1, -0.05) is 47.0 Å². The molecule has 0 unspecified atom stereocenters. The highest BCUT2D eigenvalue weighted by Gasteiger charge is 2.26. The van der Waals surface area contributed by atoms with Crippen LogP contribution in [0.4, 0.5) is 0 Å². The molecular formula is C14H20BrNO. The lowest BCUT2D eigenvalue weighted by Gasteiger charge is -2.35. The molecule has 0 heterocycles. The Bertz CT molecular complexity index is 369. The molecule has 0 aromatic heterocycles. The second kappa shape index (κ2) is 5.98. The Kier molecular flexibility index (Phi) is 4.60. The van der Waals surface area contributed by atoms with Crippen LogP contribution in [0, 0.1) is 0 Å². The van der Waals surface area contributed by atoms with Gasteiger partial charge in [0.25, 0.3) is 0 Å². The van der Waals surface area contributed by atoms with E-state index in [1.807, 2.05) is 6.07 Å². The average Bonchev–Trinajstić information content (AvgIpc) is 2.32. The van der Waals surface area contributed by atoms with E-state index in [-0.39, 0.29) is 6.10 Å². The molecule has 0 bridgehead atoms. The van der Waals surface area contributed by atoms with E-state index in [0.29, 0.717) is 6.04 Å². The molecule has 1 N–H and O–H groups in total. The Hall–Kier alpha value is -0.380. The number of benzene rings is 1. The second-order valence-corrected chi connectivity index (χ2v) is 5.78. The first-order valence-corrected chi connectivity index (χ1v) is 7.09. The zero-order chi connectivity index (χ0) is 12.3. The third kappa shape index (κ3) is 3.30. The van der Waals surface area contributed by atoms with Gasteiger partial charge in [0.2, 0.25) is 0 Å². The molecular weight excluding hydrogens is 278 g/mol. The minimum atomic E-state index is -0.156. The van der Waals surface area contributed by atoms with Crippen LogP contribution in [0.5, 0.6) is 0 Å². The number of likely N-dealkylation sites (N-methyl/N-ethyl adjacent to an activating group) is 1. The van der Waals surface area contributed by atoms with Crippen LogP contribution in [0.2, 0.25) is 0 Å². The summed E-state index contributed by atoms with van der Waals surface area (Å²) in [5.41, 5.74) is 1.28. The smallest absolute Gasteiger partial charge is 0.0695 e. The molecule has 0 aliphatic heterocycles. The van der Waals surface area contributed by atoms with Crippen LogP contribution in [-0.2, 0) is 6.54 Å². The molecule has 2 nitrogen and oxygen atoms in total. The van der Waals surface area contributed by atoms with Crippen LogP contribution in [0.3, 0.4) is 0 Å². The summed E-state index contributed by atoms with van der Waals surface area (Å²) >= 11 is 3.57. The molecule has 1 aliphatic rings. The van der Waals surface area contributed by atoms with Gasteiger partial charge in [-0.2, -0.15) is 0 Å². The van der Waals surface area contributed by atoms with Gasteiger partial charge in [0.15, 0.2) is 0 Å². The molecule has 1 aliphatic carbocycles. The summed E-state index contributed by atoms with van der Waals surface area (Å²) in [6.45, 7) is 0.892. The van der Waals surface area contributed by atoms with Crippen molar-refractivity contribution in [1.82, 2.24) is 4.90 Å². The van der Waals surface area contributed by atoms with Crippen molar-refractivity contribution in [3.8, 4) is 0 Å². The third-order valence-electron chi connectivity index (χ3n) is 3.64. The highest BCUT2D eigenvalue weighted by atomic mass is 79.9. The Morgan fingerprint density at radius 2 is 2.00 bits per heavy atom. The van der Waals surface area contributed by atoms with Crippen LogP contribution >= 0.6 is 15.9 Å². The van der Waals surface area contributed by atoms with Gasteiger partial charge in [-0.3, -0.25) is 4.90 Å². The minimum Gasteiger partial charge on any atom is -0.391 e. The molecule has 1 aromatic rings. The van der Waals surface area contributed by atoms with Crippen molar-refractivity contribution in [3.05, 3.63) is 34.3 Å². The van der Waals surface area contributed by atoms with Gasteiger partial charge >= 0.3 is 0 Å². The van der Waals surface area contributed by atoms with Crippen LogP contribution in [0.25, 0.3) is 0 Å². The van der Waals surface area contributed by atoms with Crippen LogP contribution in [0.1, 0.15) is 31.2 Å². The van der Waals surface area contributed by atoms with Crippen LogP contribution in [0.15, 0.2) is 28.7 Å². The fourth-order valence-corrected chi connectivity index (χ4v) is 3.03. The first kappa shape index (κ1) is 13.1. The molecule has 1 saturated carbocycles. The number of rotatable bonds is 3. The van der Waals surface area contributed by atoms with Gasteiger partial charge in [0, 0.05) is 17.1 Å². The van der Waals surface area contributed by atoms with E-state index < -0.39 is 0 Å². The van der Waals surface area contributed by atoms with Crippen molar-refractivity contribution < 1.29 is 5.11 Å². The van der Waals surface area contributed by atoms with Gasteiger partial charge in [-0.25, -0.2) is 0 Å². The van der Waals surface area contributed by atoms with Gasteiger partial charge in [-0.15, -0.1) is 0 Å². The normalized spacial score (nSPS) is 25.2. The number of nitrogens with zero attached hydrogens (tertiary/aromatic N) is 1. The number of hydrogen-bond acceptors (Lipinski definition) is 2. The number of aliphatic hydroxyl groups excluding tert-OH is 1. The Balaban J connectivity index is 2.01. The Labute approximate surface area is 112 Å². The molecule has 17 heavy (non-hydrogen) atoms. The Morgan fingerprint density at radius 3 is 2.71 bits per heavy atom. The molecule has 0 spiro atoms. The van der Waals surface area contributed by atoms with E-state index >= 15 is 0 Å². The summed E-state index contributed by atoms with van der Waals surface area (Å²) in [6, 6.07) is 8.61. The lowest BCUT2D eigenvalue weighted by atomic mass is 9.91. The van der Waals surface area contributed by atoms with Crippen molar-refractivity contribution in [2.75, 3.05) is 7.05 Å². The van der Waals surface area contributed by atoms with E-state index in [1.165, 1.54) is 18.4 Å². The highest BCUT2D eigenvalue weighted by Crippen LogP contribution is 2.25. The van der Waals surface area contributed by atoms with Crippen molar-refractivity contribution >= 4 is 15.9 Å². The van der Waals surface area contributed by atoms with E-state index in [0.717, 1.165) is 23.9 Å². The zero-order valence-corrected chi connectivity index (χ0v) is 11.9. The molecule has 3 heteroatoms. The predicted molar refractivity (Wildman–Crippen MR) is 73.9 cm³/mol. The zero-order valence-electron chi connectivity index (χ0n) is 10.3. The summed E-state index contributed by atoms with van der Waals surface area (Å²) in [4.78, 5) is 2.28. The van der Waals surface area contributed by atoms with Crippen LogP contribution < -0.4 is 0 Å². The number of hydrogen-bond donors (Lipinski definition) is 1. The van der Waals surface area contributed by atoms with E-state index in [1.54, 1.807) is 0 Å². The molecule has 94 valence electrons. The molecule has 0 radical (unpaired) electrons. The summed E-state index contributed by atoms with van der Waals surface area (Å²) < 4.78 is 1.15. The number of aliphatic hydroxyl groups is 1. The maximum absolute atomic E-state index is 10.0. The molecule has 1 fully saturated rings. The quantitative estimate of drug-likeness (QED) is 0.926. The van der Waals surface area contributed by atoms with Crippen molar-refractivity contribution in [2.24, 2.45) is 0 Å². The standard InChI is InChI=1S/C14H20BrNO/c1-16(13-8-4-5-9-14(13)17)10-11-6-2-3-7-12(11)15/h2-3,6-7,13-14,17H,4-5,8-10H2,1H3/t13-,14-/m0/s1. The van der Waals surface area contributed by atoms with Gasteiger partial charge in [0.1, 0.15) is 0 Å². The highest BCUT2D eigenvalue weighted by molar-refractivity contribution is 9.10. The van der Waals surface area contributed by atoms with Crippen molar-refractivity contribution in [3.63, 3.8) is 0 Å². The fourth-order valence-electron chi connectivity index (χ4n) is 2.62. The van der Waals surface area contributed by atoms with Crippen LogP contribution in [-0.4, -0.2) is 29.2 Å². The third-order valence-corrected chi connectivity index (χ3v) is 4.41. The molecule has 1 aromatic carbocycles. The lowest BCUT2D eigenvalue weighted by molar-refractivity contribution is 0.0287. The number of halogens is 1. The van der Waals surface area contributed by atoms with Gasteiger partial charge < -0.3 is 5.11 Å². The van der Waals surface area contributed by atoms with E-state index in [9.17, 15) is 5.11 Å². The lowest BCUT2D eigenvalue weighted by Crippen LogP contribution is -2.42. The largest absolute Gasteiger partial charge is 0.391 e. The molecule has 2 atom stereocenters. The van der Waals surface area contributed by atoms with Crippen molar-refractivity contribution in [1.29, 1.82) is 0 Å². The van der Waals surface area contributed by atoms with Gasteiger partial charge in [0.05, 0.1) is 6.10 Å². The summed E-state index contributed by atoms with van der Waals surface area (Å²) in [6.07, 6.45) is 4.31. The van der Waals surface area contributed by atoms with Gasteiger partial charge in [-0.05, 0) is 31.5 Å². The Morgan fingerprint density at radius 1 is 1.29 bits per heavy atom. The molecule has 2 rings (SSSR count). The second-order valence-electron chi connectivity index (χ2n) is 4.93. The average molecular weight is 298 g/mol. The first-order valence-electron chi connectivity index (χ1n) is 6.30.